The van der Waals surface area contributed by atoms with Crippen molar-refractivity contribution in [2.45, 2.75) is 26.1 Å². The summed E-state index contributed by atoms with van der Waals surface area (Å²) in [5, 5.41) is 2.93. The van der Waals surface area contributed by atoms with E-state index in [1.165, 1.54) is 10.1 Å². The van der Waals surface area contributed by atoms with Gasteiger partial charge in [0, 0.05) is 39.3 Å². The van der Waals surface area contributed by atoms with Gasteiger partial charge in [-0.1, -0.05) is 36.4 Å². The third-order valence-corrected chi connectivity index (χ3v) is 5.78. The van der Waals surface area contributed by atoms with Gasteiger partial charge in [0.2, 0.25) is 5.91 Å². The zero-order chi connectivity index (χ0) is 21.1. The van der Waals surface area contributed by atoms with E-state index in [0.717, 1.165) is 38.3 Å². The average Bonchev–Trinajstić information content (AvgIpc) is 3.09. The van der Waals surface area contributed by atoms with Crippen molar-refractivity contribution in [3.63, 3.8) is 0 Å². The fourth-order valence-corrected chi connectivity index (χ4v) is 3.83. The van der Waals surface area contributed by atoms with Gasteiger partial charge < -0.3 is 14.6 Å². The SMILES string of the molecule is CC(C(=O)NCc1ccc(CN2CCN(C)CC2)cc1)n1c(=O)oc2ccccc21. The van der Waals surface area contributed by atoms with E-state index in [2.05, 4.69) is 46.4 Å². The number of nitrogens with zero attached hydrogens (tertiary/aromatic N) is 3. The monoisotopic (exact) mass is 408 g/mol. The largest absolute Gasteiger partial charge is 0.420 e. The number of likely N-dealkylation sites (N-methyl/N-ethyl adjacent to an activating group) is 1. The van der Waals surface area contributed by atoms with Crippen LogP contribution in [-0.4, -0.2) is 53.5 Å². The lowest BCUT2D eigenvalue weighted by molar-refractivity contribution is -0.124. The standard InChI is InChI=1S/C23H28N4O3/c1-17(27-20-5-3-4-6-21(20)30-23(27)29)22(28)24-15-18-7-9-19(10-8-18)16-26-13-11-25(2)12-14-26/h3-10,17H,11-16H2,1-2H3,(H,24,28). The number of oxazole rings is 1. The minimum absolute atomic E-state index is 0.217. The molecule has 1 fully saturated rings. The highest BCUT2D eigenvalue weighted by atomic mass is 16.4. The van der Waals surface area contributed by atoms with Gasteiger partial charge in [-0.15, -0.1) is 0 Å². The summed E-state index contributed by atoms with van der Waals surface area (Å²) in [6.45, 7) is 7.48. The van der Waals surface area contributed by atoms with Crippen molar-refractivity contribution in [3.05, 3.63) is 70.2 Å². The molecule has 0 spiro atoms. The van der Waals surface area contributed by atoms with E-state index < -0.39 is 11.8 Å². The van der Waals surface area contributed by atoms with Crippen LogP contribution in [0, 0.1) is 0 Å². The number of rotatable bonds is 6. The van der Waals surface area contributed by atoms with Gasteiger partial charge in [-0.3, -0.25) is 14.3 Å². The Morgan fingerprint density at radius 3 is 2.43 bits per heavy atom. The molecule has 30 heavy (non-hydrogen) atoms. The number of carbonyl (C=O) groups is 1. The van der Waals surface area contributed by atoms with Crippen molar-refractivity contribution in [2.75, 3.05) is 33.2 Å². The molecule has 4 rings (SSSR count). The molecular weight excluding hydrogens is 380 g/mol. The fourth-order valence-electron chi connectivity index (χ4n) is 3.83. The average molecular weight is 409 g/mol. The lowest BCUT2D eigenvalue weighted by Crippen LogP contribution is -2.43. The number of para-hydroxylation sites is 2. The van der Waals surface area contributed by atoms with Crippen LogP contribution in [0.3, 0.4) is 0 Å². The Balaban J connectivity index is 1.34. The summed E-state index contributed by atoms with van der Waals surface area (Å²) < 4.78 is 6.63. The molecule has 2 heterocycles. The Morgan fingerprint density at radius 1 is 1.03 bits per heavy atom. The van der Waals surface area contributed by atoms with Gasteiger partial charge in [-0.05, 0) is 37.2 Å². The minimum atomic E-state index is -0.655. The molecule has 7 nitrogen and oxygen atoms in total. The molecule has 1 atom stereocenters. The molecule has 7 heteroatoms. The Morgan fingerprint density at radius 2 is 1.70 bits per heavy atom. The highest BCUT2D eigenvalue weighted by molar-refractivity contribution is 5.82. The molecule has 1 N–H and O–H groups in total. The number of fused-ring (bicyclic) bond motifs is 1. The number of piperazine rings is 1. The van der Waals surface area contributed by atoms with Crippen LogP contribution in [0.15, 0.2) is 57.7 Å². The van der Waals surface area contributed by atoms with Crippen LogP contribution in [0.25, 0.3) is 11.1 Å². The molecule has 158 valence electrons. The van der Waals surface area contributed by atoms with Gasteiger partial charge in [0.1, 0.15) is 6.04 Å². The maximum absolute atomic E-state index is 12.6. The van der Waals surface area contributed by atoms with Gasteiger partial charge >= 0.3 is 5.76 Å². The second kappa shape index (κ2) is 8.85. The Labute approximate surface area is 175 Å². The molecule has 1 unspecified atom stereocenters. The number of benzene rings is 2. The van der Waals surface area contributed by atoms with E-state index in [-0.39, 0.29) is 5.91 Å². The molecule has 3 aromatic rings. The second-order valence-corrected chi connectivity index (χ2v) is 8.00. The summed E-state index contributed by atoms with van der Waals surface area (Å²) in [6, 6.07) is 14.8. The summed E-state index contributed by atoms with van der Waals surface area (Å²) >= 11 is 0. The van der Waals surface area contributed by atoms with Crippen LogP contribution in [0.2, 0.25) is 0 Å². The molecule has 2 aromatic carbocycles. The third-order valence-electron chi connectivity index (χ3n) is 5.78. The predicted octanol–water partition coefficient (Wildman–Crippen LogP) is 2.22. The van der Waals surface area contributed by atoms with Crippen molar-refractivity contribution < 1.29 is 9.21 Å². The van der Waals surface area contributed by atoms with Gasteiger partial charge in [-0.2, -0.15) is 0 Å². The van der Waals surface area contributed by atoms with E-state index in [1.807, 2.05) is 6.07 Å². The van der Waals surface area contributed by atoms with E-state index in [9.17, 15) is 9.59 Å². The van der Waals surface area contributed by atoms with E-state index in [4.69, 9.17) is 4.42 Å². The zero-order valence-corrected chi connectivity index (χ0v) is 17.5. The number of aromatic nitrogens is 1. The molecule has 0 saturated carbocycles. The van der Waals surface area contributed by atoms with Crippen LogP contribution in [-0.2, 0) is 17.9 Å². The maximum atomic E-state index is 12.6. The van der Waals surface area contributed by atoms with Crippen molar-refractivity contribution in [1.29, 1.82) is 0 Å². The number of hydrogen-bond donors (Lipinski definition) is 1. The molecule has 0 bridgehead atoms. The van der Waals surface area contributed by atoms with Crippen molar-refractivity contribution >= 4 is 17.0 Å². The van der Waals surface area contributed by atoms with Crippen LogP contribution < -0.4 is 11.1 Å². The molecule has 1 saturated heterocycles. The van der Waals surface area contributed by atoms with Crippen LogP contribution >= 0.6 is 0 Å². The molecular formula is C23H28N4O3. The van der Waals surface area contributed by atoms with Gasteiger partial charge in [0.05, 0.1) is 5.52 Å². The van der Waals surface area contributed by atoms with E-state index in [1.54, 1.807) is 25.1 Å². The lowest BCUT2D eigenvalue weighted by Gasteiger charge is -2.32. The summed E-state index contributed by atoms with van der Waals surface area (Å²) in [7, 11) is 2.16. The summed E-state index contributed by atoms with van der Waals surface area (Å²) in [6.07, 6.45) is 0. The molecule has 1 amide bonds. The number of hydrogen-bond acceptors (Lipinski definition) is 5. The molecule has 1 aromatic heterocycles. The molecule has 1 aliphatic heterocycles. The summed E-state index contributed by atoms with van der Waals surface area (Å²) in [4.78, 5) is 29.6. The van der Waals surface area contributed by atoms with Gasteiger partial charge in [0.25, 0.3) is 0 Å². The Kier molecular flexibility index (Phi) is 6.01. The van der Waals surface area contributed by atoms with Crippen molar-refractivity contribution in [2.24, 2.45) is 0 Å². The van der Waals surface area contributed by atoms with Crippen LogP contribution in [0.4, 0.5) is 0 Å². The number of carbonyl (C=O) groups excluding carboxylic acids is 1. The van der Waals surface area contributed by atoms with Gasteiger partial charge in [-0.25, -0.2) is 4.79 Å². The first-order chi connectivity index (χ1) is 14.5. The smallest absolute Gasteiger partial charge is 0.408 e. The first-order valence-electron chi connectivity index (χ1n) is 10.4. The van der Waals surface area contributed by atoms with E-state index in [0.29, 0.717) is 17.6 Å². The van der Waals surface area contributed by atoms with Crippen LogP contribution in [0.1, 0.15) is 24.1 Å². The Bertz CT molecular complexity index is 1060. The second-order valence-electron chi connectivity index (χ2n) is 8.00. The van der Waals surface area contributed by atoms with Crippen molar-refractivity contribution in [3.8, 4) is 0 Å². The normalized spacial score (nSPS) is 16.6. The first-order valence-corrected chi connectivity index (χ1v) is 10.4. The highest BCUT2D eigenvalue weighted by Crippen LogP contribution is 2.17. The maximum Gasteiger partial charge on any atom is 0.420 e. The topological polar surface area (TPSA) is 70.7 Å². The lowest BCUT2D eigenvalue weighted by atomic mass is 10.1. The first kappa shape index (κ1) is 20.4. The van der Waals surface area contributed by atoms with E-state index >= 15 is 0 Å². The van der Waals surface area contributed by atoms with Gasteiger partial charge in [0.15, 0.2) is 5.58 Å². The van der Waals surface area contributed by atoms with Crippen molar-refractivity contribution in [1.82, 2.24) is 19.7 Å². The molecule has 0 aliphatic carbocycles. The molecule has 0 radical (unpaired) electrons. The zero-order valence-electron chi connectivity index (χ0n) is 17.5. The quantitative estimate of drug-likeness (QED) is 0.677. The Hall–Kier alpha value is -2.90. The third kappa shape index (κ3) is 4.47. The highest BCUT2D eigenvalue weighted by Gasteiger charge is 2.21. The fraction of sp³-hybridized carbons (Fsp3) is 0.391. The summed E-state index contributed by atoms with van der Waals surface area (Å²) in [5.74, 6) is -0.739. The molecule has 1 aliphatic rings. The summed E-state index contributed by atoms with van der Waals surface area (Å²) in [5.41, 5.74) is 3.41. The van der Waals surface area contributed by atoms with Crippen LogP contribution in [0.5, 0.6) is 0 Å². The predicted molar refractivity (Wildman–Crippen MR) is 116 cm³/mol. The number of nitrogens with one attached hydrogen (secondary N) is 1. The number of amides is 1. The minimum Gasteiger partial charge on any atom is -0.408 e.